The molecule has 1 aliphatic carbocycles. The number of para-hydroxylation sites is 1. The maximum atomic E-state index is 15.0. The number of carbonyl (C=O) groups excluding carboxylic acids is 3. The molecule has 1 saturated heterocycles. The summed E-state index contributed by atoms with van der Waals surface area (Å²) in [6.45, 7) is 0. The normalized spacial score (nSPS) is 18.8. The molecular formula is C33H29F2IN6O3. The topological polar surface area (TPSA) is 122 Å². The Balaban J connectivity index is 1.48. The minimum absolute atomic E-state index is 0.102. The van der Waals surface area contributed by atoms with Crippen LogP contribution in [0.15, 0.2) is 72.9 Å². The number of halogens is 3. The van der Waals surface area contributed by atoms with Gasteiger partial charge in [0.2, 0.25) is 17.7 Å². The lowest BCUT2D eigenvalue weighted by atomic mass is 9.91. The molecule has 0 bridgehead atoms. The van der Waals surface area contributed by atoms with E-state index in [9.17, 15) is 28.4 Å². The number of aromatic amines is 1. The van der Waals surface area contributed by atoms with Gasteiger partial charge in [-0.2, -0.15) is 10.4 Å². The smallest absolute Gasteiger partial charge is 0.251 e. The molecule has 2 fully saturated rings. The van der Waals surface area contributed by atoms with Crippen LogP contribution in [-0.4, -0.2) is 45.9 Å². The lowest BCUT2D eigenvalue weighted by molar-refractivity contribution is -0.128. The molecule has 2 heterocycles. The Morgan fingerprint density at radius 3 is 2.60 bits per heavy atom. The lowest BCUT2D eigenvalue weighted by Crippen LogP contribution is -2.53. The predicted octanol–water partition coefficient (Wildman–Crippen LogP) is 6.00. The number of alkyl halides is 2. The van der Waals surface area contributed by atoms with Crippen molar-refractivity contribution >= 4 is 62.6 Å². The molecule has 1 aromatic heterocycles. The third-order valence-corrected chi connectivity index (χ3v) is 9.45. The molecule has 2 atom stereocenters. The van der Waals surface area contributed by atoms with Crippen LogP contribution in [0.4, 0.5) is 20.2 Å². The Bertz CT molecular complexity index is 1810. The summed E-state index contributed by atoms with van der Waals surface area (Å²) in [5.74, 6) is -4.06. The van der Waals surface area contributed by atoms with Gasteiger partial charge in [-0.3, -0.25) is 29.3 Å². The highest BCUT2D eigenvalue weighted by molar-refractivity contribution is 14.1. The number of H-pyrrole nitrogens is 1. The summed E-state index contributed by atoms with van der Waals surface area (Å²) in [6.07, 6.45) is 1.48. The van der Waals surface area contributed by atoms with E-state index in [1.54, 1.807) is 54.7 Å². The molecule has 45 heavy (non-hydrogen) atoms. The van der Waals surface area contributed by atoms with Gasteiger partial charge in [-0.05, 0) is 77.7 Å². The van der Waals surface area contributed by atoms with Crippen LogP contribution in [0.5, 0.6) is 0 Å². The number of aromatic nitrogens is 2. The van der Waals surface area contributed by atoms with E-state index in [1.165, 1.54) is 9.80 Å². The predicted molar refractivity (Wildman–Crippen MR) is 172 cm³/mol. The molecule has 4 aromatic rings. The third kappa shape index (κ3) is 6.13. The summed E-state index contributed by atoms with van der Waals surface area (Å²) in [4.78, 5) is 45.4. The fourth-order valence-electron chi connectivity index (χ4n) is 6.23. The van der Waals surface area contributed by atoms with E-state index >= 15 is 0 Å². The fraction of sp³-hybridized carbons (Fsp3) is 0.303. The molecule has 3 amide bonds. The Hall–Kier alpha value is -4.38. The van der Waals surface area contributed by atoms with Crippen molar-refractivity contribution in [2.75, 3.05) is 9.80 Å². The van der Waals surface area contributed by atoms with Crippen molar-refractivity contribution in [1.82, 2.24) is 15.5 Å². The first-order chi connectivity index (χ1) is 21.7. The van der Waals surface area contributed by atoms with Gasteiger partial charge in [0, 0.05) is 39.9 Å². The molecule has 230 valence electrons. The van der Waals surface area contributed by atoms with Crippen LogP contribution in [0.25, 0.3) is 10.9 Å². The Kier molecular flexibility index (Phi) is 8.54. The van der Waals surface area contributed by atoms with E-state index < -0.39 is 35.9 Å². The second-order valence-corrected chi connectivity index (χ2v) is 12.5. The molecule has 1 saturated carbocycles. The van der Waals surface area contributed by atoms with Gasteiger partial charge < -0.3 is 5.32 Å². The first-order valence-electron chi connectivity index (χ1n) is 14.7. The minimum atomic E-state index is -2.77. The number of rotatable bonds is 7. The number of carbonyl (C=O) groups is 3. The summed E-state index contributed by atoms with van der Waals surface area (Å²) in [5.41, 5.74) is 2.20. The number of nitrogens with zero attached hydrogens (tertiary/aromatic N) is 4. The number of amides is 3. The van der Waals surface area contributed by atoms with Crippen LogP contribution >= 0.6 is 22.6 Å². The second-order valence-electron chi connectivity index (χ2n) is 11.4. The van der Waals surface area contributed by atoms with Gasteiger partial charge in [0.15, 0.2) is 0 Å². The highest BCUT2D eigenvalue weighted by Crippen LogP contribution is 2.39. The van der Waals surface area contributed by atoms with E-state index in [4.69, 9.17) is 0 Å². The maximum absolute atomic E-state index is 15.0. The van der Waals surface area contributed by atoms with Gasteiger partial charge in [0.1, 0.15) is 12.1 Å². The number of fused-ring (bicyclic) bond motifs is 1. The molecule has 0 spiro atoms. The summed E-state index contributed by atoms with van der Waals surface area (Å²) in [5, 5.41) is 20.3. The number of nitriles is 1. The van der Waals surface area contributed by atoms with Gasteiger partial charge >= 0.3 is 0 Å². The van der Waals surface area contributed by atoms with Crippen LogP contribution in [-0.2, 0) is 14.4 Å². The largest absolute Gasteiger partial charge is 0.351 e. The highest BCUT2D eigenvalue weighted by Gasteiger charge is 2.45. The third-order valence-electron chi connectivity index (χ3n) is 8.47. The van der Waals surface area contributed by atoms with Crippen LogP contribution in [0.3, 0.4) is 0 Å². The van der Waals surface area contributed by atoms with Gasteiger partial charge in [-0.25, -0.2) is 8.78 Å². The number of anilines is 2. The molecule has 2 N–H and O–H groups in total. The number of benzene rings is 3. The molecule has 0 unspecified atom stereocenters. The minimum Gasteiger partial charge on any atom is -0.351 e. The van der Waals surface area contributed by atoms with Crippen molar-refractivity contribution < 1.29 is 23.2 Å². The lowest BCUT2D eigenvalue weighted by Gasteiger charge is -2.37. The molecule has 3 aromatic carbocycles. The van der Waals surface area contributed by atoms with E-state index in [0.29, 0.717) is 33.4 Å². The second kappa shape index (κ2) is 12.5. The summed E-state index contributed by atoms with van der Waals surface area (Å²) >= 11 is 2.12. The van der Waals surface area contributed by atoms with E-state index in [1.807, 2.05) is 18.2 Å². The average Bonchev–Trinajstić information content (AvgIpc) is 3.68. The van der Waals surface area contributed by atoms with Crippen LogP contribution < -0.4 is 15.1 Å². The summed E-state index contributed by atoms with van der Waals surface area (Å²) in [6, 6.07) is 18.4. The fourth-order valence-corrected chi connectivity index (χ4v) is 6.91. The molecule has 1 aliphatic heterocycles. The standard InChI is InChI=1S/C33H29F2IN6O3/c34-33(35)15-13-22(14-16-33)39-31(44)30(24-8-1-2-9-25(24)36)42(26-10-4-6-21-19-38-40-29(21)26)32(45)27-11-12-28(43)41(27)23-7-3-5-20(17-23)18-37/h1-10,17,19,22,27,30H,11-16H2,(H,38,40)(H,39,44)/t27-,30-/m0/s1. The number of nitrogens with one attached hydrogen (secondary N) is 2. The van der Waals surface area contributed by atoms with Crippen LogP contribution in [0.1, 0.15) is 55.7 Å². The number of hydrogen-bond donors (Lipinski definition) is 2. The van der Waals surface area contributed by atoms with E-state index in [0.717, 1.165) is 3.57 Å². The summed E-state index contributed by atoms with van der Waals surface area (Å²) < 4.78 is 28.7. The maximum Gasteiger partial charge on any atom is 0.251 e. The van der Waals surface area contributed by atoms with Gasteiger partial charge in [-0.1, -0.05) is 36.4 Å². The zero-order chi connectivity index (χ0) is 31.7. The zero-order valence-corrected chi connectivity index (χ0v) is 26.2. The molecule has 6 rings (SSSR count). The monoisotopic (exact) mass is 722 g/mol. The Labute approximate surface area is 271 Å². The number of hydrogen-bond acceptors (Lipinski definition) is 5. The average molecular weight is 723 g/mol. The van der Waals surface area contributed by atoms with Gasteiger partial charge in [0.05, 0.1) is 29.0 Å². The Morgan fingerprint density at radius 2 is 1.84 bits per heavy atom. The van der Waals surface area contributed by atoms with Crippen molar-refractivity contribution in [3.63, 3.8) is 0 Å². The van der Waals surface area contributed by atoms with Crippen molar-refractivity contribution in [1.29, 1.82) is 5.26 Å². The van der Waals surface area contributed by atoms with Crippen LogP contribution in [0.2, 0.25) is 0 Å². The van der Waals surface area contributed by atoms with Crippen molar-refractivity contribution in [3.05, 3.63) is 87.6 Å². The van der Waals surface area contributed by atoms with E-state index in [2.05, 4.69) is 44.2 Å². The van der Waals surface area contributed by atoms with Crippen molar-refractivity contribution in [2.24, 2.45) is 0 Å². The molecule has 0 radical (unpaired) electrons. The quantitative estimate of drug-likeness (QED) is 0.227. The zero-order valence-electron chi connectivity index (χ0n) is 24.1. The Morgan fingerprint density at radius 1 is 1.09 bits per heavy atom. The molecule has 12 heteroatoms. The first-order valence-corrected chi connectivity index (χ1v) is 15.7. The SMILES string of the molecule is N#Cc1cccc(N2C(=O)CC[C@H]2C(=O)N(c2cccc3cn[nH]c23)[C@H](C(=O)NC2CCC(F)(F)CC2)c2ccccc2I)c1. The molecule has 2 aliphatic rings. The van der Waals surface area contributed by atoms with E-state index in [-0.39, 0.29) is 44.4 Å². The molecule has 9 nitrogen and oxygen atoms in total. The van der Waals surface area contributed by atoms with Crippen molar-refractivity contribution in [2.45, 2.75) is 62.6 Å². The molecular weight excluding hydrogens is 693 g/mol. The van der Waals surface area contributed by atoms with Gasteiger partial charge in [-0.15, -0.1) is 0 Å². The van der Waals surface area contributed by atoms with Crippen molar-refractivity contribution in [3.8, 4) is 6.07 Å². The van der Waals surface area contributed by atoms with Crippen LogP contribution in [0, 0.1) is 14.9 Å². The first kappa shape index (κ1) is 30.6. The van der Waals surface area contributed by atoms with Gasteiger partial charge in [0.25, 0.3) is 5.91 Å². The summed E-state index contributed by atoms with van der Waals surface area (Å²) in [7, 11) is 0. The highest BCUT2D eigenvalue weighted by atomic mass is 127.